The molecule has 384 valence electrons. The number of para-hydroxylation sites is 1. The van der Waals surface area contributed by atoms with Crippen LogP contribution in [0.3, 0.4) is 0 Å². The Morgan fingerprint density at radius 3 is 1.97 bits per heavy atom. The minimum Gasteiger partial charge on any atom is -0.457 e. The van der Waals surface area contributed by atoms with Crippen molar-refractivity contribution in [3.8, 4) is 61.8 Å². The molecule has 11 aromatic rings. The van der Waals surface area contributed by atoms with Crippen molar-refractivity contribution >= 4 is 44.6 Å². The van der Waals surface area contributed by atoms with E-state index in [4.69, 9.17) is 43.1 Å². The maximum atomic E-state index is 10.5. The highest BCUT2D eigenvalue weighted by atomic mass is 16.5. The van der Waals surface area contributed by atoms with Gasteiger partial charge in [-0.1, -0.05) is 187 Å². The lowest BCUT2D eigenvalue weighted by Gasteiger charge is -2.42. The number of aromatic nitrogens is 2. The molecule has 0 unspecified atom stereocenters. The van der Waals surface area contributed by atoms with E-state index in [9.17, 15) is 12.3 Å². The van der Waals surface area contributed by atoms with Crippen LogP contribution in [0.1, 0.15) is 134 Å². The molecule has 1 aliphatic heterocycles. The highest BCUT2D eigenvalue weighted by Gasteiger charge is 2.39. The molecule has 78 heavy (non-hydrogen) atoms. The standard InChI is InChI=1S/C73H66N4O/c1-48-39-69(74-46-61(48)51-25-16-11-17-26-51)77-65-30-19-18-29-58(65)59-34-33-57(45-67(59)77)78-56-28-20-27-55(44-56)75-47-76(66-36-32-52(43-68(66)75)49-21-12-9-13-22-49)70-60(40-54(42-64(70)71(2,3)4)50-23-14-10-15-24-50)53-31-35-62-63(41-53)73(7,8)38-37-72(62,5)6/h9-36,39-46H,37-38,47H2,1-8H3/i1D3,5D3,6D3,7D3,8D3,9D,10D,11D,12D,13D,14D,15D,16D,17D,21D,22D,23D,24D,25D,26D,31D,35D,37D2,38D2,41D. The van der Waals surface area contributed by atoms with Crippen molar-refractivity contribution in [2.75, 3.05) is 16.5 Å². The minimum atomic E-state index is -4.75. The van der Waals surface area contributed by atoms with Gasteiger partial charge in [0.1, 0.15) is 24.0 Å². The molecule has 0 atom stereocenters. The van der Waals surface area contributed by atoms with E-state index in [1.807, 2.05) is 6.07 Å². The lowest BCUT2D eigenvalue weighted by molar-refractivity contribution is 0.332. The van der Waals surface area contributed by atoms with Crippen molar-refractivity contribution < 1.29 is 55.5 Å². The van der Waals surface area contributed by atoms with E-state index in [0.29, 0.717) is 21.8 Å². The summed E-state index contributed by atoms with van der Waals surface area (Å²) in [4.78, 5) is 7.78. The van der Waals surface area contributed by atoms with Crippen LogP contribution in [-0.4, -0.2) is 16.2 Å². The minimum absolute atomic E-state index is 0.0120. The second kappa shape index (κ2) is 18.8. The first-order valence-electron chi connectivity index (χ1n) is 43.0. The first-order chi connectivity index (χ1) is 52.9. The van der Waals surface area contributed by atoms with E-state index in [2.05, 4.69) is 4.98 Å². The van der Waals surface area contributed by atoms with Crippen molar-refractivity contribution in [1.29, 1.82) is 0 Å². The molecule has 0 bridgehead atoms. The Labute approximate surface area is 512 Å². The normalized spacial score (nSPS) is 23.6. The predicted molar refractivity (Wildman–Crippen MR) is 328 cm³/mol. The fraction of sp³-hybridized carbons (Fsp3) is 0.192. The zero-order valence-corrected chi connectivity index (χ0v) is 41.8. The van der Waals surface area contributed by atoms with Crippen molar-refractivity contribution in [3.63, 3.8) is 0 Å². The average molecular weight is 1050 g/mol. The zero-order valence-electron chi connectivity index (χ0n) is 78.8. The summed E-state index contributed by atoms with van der Waals surface area (Å²) in [6, 6.07) is 10.5. The fourth-order valence-electron chi connectivity index (χ4n) is 10.1. The van der Waals surface area contributed by atoms with Crippen molar-refractivity contribution in [1.82, 2.24) is 9.55 Å². The number of hydrogen-bond acceptors (Lipinski definition) is 4. The number of pyridine rings is 1. The van der Waals surface area contributed by atoms with E-state index in [1.54, 1.807) is 90.9 Å². The second-order valence-corrected chi connectivity index (χ2v) is 19.8. The van der Waals surface area contributed by atoms with Crippen LogP contribution in [0.25, 0.3) is 72.1 Å². The monoisotopic (exact) mass is 1050 g/mol. The third kappa shape index (κ3) is 8.62. The number of anilines is 4. The SMILES string of the molecule is [2H]c1c([2H])c([2H])c(-c2ccc3c(c2)N(c2cccc(Oc4ccc5c6ccccc6n(-c6cc(C([2H])([2H])[2H])c(-c7c([2H])c([2H])c([2H])c([2H])c7[2H])cn6)c5c4)c2)CN3c2c(-c3c([2H])c([2H])c4c(c3[2H])C(C([2H])([2H])[2H])(C([2H])([2H])[2H])C([2H])([2H])C([2H])([2H])C4(C([2H])([2H])[2H])C([2H])([2H])[2H])cc(-c3c([2H])c([2H])c([2H])c([2H])c3[2H])cc2C(C)(C)C)c([2H])c1[2H]. The summed E-state index contributed by atoms with van der Waals surface area (Å²) in [5.41, 5.74) is -16.7. The summed E-state index contributed by atoms with van der Waals surface area (Å²) in [7, 11) is 0. The Morgan fingerprint density at radius 2 is 1.24 bits per heavy atom. The summed E-state index contributed by atoms with van der Waals surface area (Å²) in [6.07, 6.45) is -8.32. The molecule has 13 rings (SSSR count). The van der Waals surface area contributed by atoms with Crippen LogP contribution in [-0.2, 0) is 16.2 Å². The molecule has 5 nitrogen and oxygen atoms in total. The number of benzene rings is 9. The molecular formula is C73H66N4O. The van der Waals surface area contributed by atoms with Gasteiger partial charge in [-0.05, 0) is 152 Å². The molecule has 5 heteroatoms. The highest BCUT2D eigenvalue weighted by Crippen LogP contribution is 2.54. The van der Waals surface area contributed by atoms with Crippen LogP contribution in [0.5, 0.6) is 11.5 Å². The van der Waals surface area contributed by atoms with Crippen molar-refractivity contribution in [2.24, 2.45) is 0 Å². The van der Waals surface area contributed by atoms with Gasteiger partial charge in [-0.25, -0.2) is 4.98 Å². The molecule has 0 saturated heterocycles. The maximum absolute atomic E-state index is 10.5. The molecule has 1 aliphatic carbocycles. The average Bonchev–Trinajstić information content (AvgIpc) is 1.16. The zero-order chi connectivity index (χ0) is 85.3. The van der Waals surface area contributed by atoms with E-state index in [1.165, 1.54) is 35.2 Å². The summed E-state index contributed by atoms with van der Waals surface area (Å²) < 4.78 is 343. The van der Waals surface area contributed by atoms with E-state index < -0.39 is 212 Å². The quantitative estimate of drug-likeness (QED) is 0.144. The van der Waals surface area contributed by atoms with Gasteiger partial charge in [-0.15, -0.1) is 0 Å². The number of fused-ring (bicyclic) bond motifs is 5. The Bertz CT molecular complexity index is 5870. The van der Waals surface area contributed by atoms with Crippen LogP contribution in [0, 0.1) is 6.85 Å². The molecule has 0 radical (unpaired) electrons. The lowest BCUT2D eigenvalue weighted by atomic mass is 9.63. The molecule has 3 heterocycles. The summed E-state index contributed by atoms with van der Waals surface area (Å²) in [5, 5.41) is 1.28. The Morgan fingerprint density at radius 1 is 0.551 bits per heavy atom. The van der Waals surface area contributed by atoms with Crippen molar-refractivity contribution in [3.05, 3.63) is 240 Å². The third-order valence-electron chi connectivity index (χ3n) is 13.8. The van der Waals surface area contributed by atoms with Crippen LogP contribution < -0.4 is 14.5 Å². The molecule has 0 amide bonds. The van der Waals surface area contributed by atoms with E-state index >= 15 is 0 Å². The van der Waals surface area contributed by atoms with Gasteiger partial charge in [0, 0.05) is 72.0 Å². The van der Waals surface area contributed by atoms with Gasteiger partial charge in [0.05, 0.1) is 52.8 Å². The number of ether oxygens (including phenoxy) is 1. The molecule has 0 N–H and O–H groups in total. The van der Waals surface area contributed by atoms with E-state index in [-0.39, 0.29) is 73.4 Å². The smallest absolute Gasteiger partial charge is 0.137 e. The van der Waals surface area contributed by atoms with Gasteiger partial charge in [-0.2, -0.15) is 0 Å². The number of hydrogen-bond donors (Lipinski definition) is 0. The fourth-order valence-corrected chi connectivity index (χ4v) is 10.1. The van der Waals surface area contributed by atoms with Gasteiger partial charge < -0.3 is 14.5 Å². The summed E-state index contributed by atoms with van der Waals surface area (Å²) in [6.45, 7) is -16.4. The largest absolute Gasteiger partial charge is 0.457 e. The van der Waals surface area contributed by atoms with Gasteiger partial charge in [0.2, 0.25) is 0 Å². The van der Waals surface area contributed by atoms with Crippen LogP contribution >= 0.6 is 0 Å². The molecule has 0 saturated carbocycles. The maximum Gasteiger partial charge on any atom is 0.137 e. The first kappa shape index (κ1) is 23.1. The molecule has 2 aromatic heterocycles. The molecule has 9 aromatic carbocycles. The molecule has 2 aliphatic rings. The van der Waals surface area contributed by atoms with Gasteiger partial charge >= 0.3 is 0 Å². The summed E-state index contributed by atoms with van der Waals surface area (Å²) >= 11 is 0. The Kier molecular flexibility index (Phi) is 5.57. The van der Waals surface area contributed by atoms with Gasteiger partial charge in [0.15, 0.2) is 0 Å². The van der Waals surface area contributed by atoms with Gasteiger partial charge in [-0.3, -0.25) is 4.57 Å². The number of rotatable bonds is 9. The number of nitrogens with zero attached hydrogens (tertiary/aromatic N) is 4. The van der Waals surface area contributed by atoms with Crippen LogP contribution in [0.2, 0.25) is 0 Å². The van der Waals surface area contributed by atoms with Crippen LogP contribution in [0.4, 0.5) is 22.7 Å². The number of aryl methyl sites for hydroxylation is 1. The Balaban J connectivity index is 1.08. The lowest BCUT2D eigenvalue weighted by Crippen LogP contribution is -2.33. The Hall–Kier alpha value is -8.67. The highest BCUT2D eigenvalue weighted by molar-refractivity contribution is 6.09. The predicted octanol–water partition coefficient (Wildman–Crippen LogP) is 19.8. The second-order valence-electron chi connectivity index (χ2n) is 19.8. The summed E-state index contributed by atoms with van der Waals surface area (Å²) in [5.74, 6) is 0.291. The molecular weight excluding hydrogens is 949 g/mol. The van der Waals surface area contributed by atoms with E-state index in [0.717, 1.165) is 12.3 Å². The molecule has 0 fully saturated rings. The topological polar surface area (TPSA) is 33.5 Å². The third-order valence-corrected chi connectivity index (χ3v) is 13.8. The van der Waals surface area contributed by atoms with Crippen LogP contribution in [0.15, 0.2) is 218 Å². The van der Waals surface area contributed by atoms with Gasteiger partial charge in [0.25, 0.3) is 0 Å². The molecule has 0 spiro atoms. The first-order valence-corrected chi connectivity index (χ1v) is 24.5. The van der Waals surface area contributed by atoms with Crippen molar-refractivity contribution in [2.45, 2.75) is 84.0 Å².